The minimum absolute atomic E-state index is 0.110. The second-order valence-electron chi connectivity index (χ2n) is 6.18. The van der Waals surface area contributed by atoms with Crippen molar-refractivity contribution in [3.63, 3.8) is 0 Å². The van der Waals surface area contributed by atoms with Gasteiger partial charge in [0.1, 0.15) is 22.6 Å². The van der Waals surface area contributed by atoms with Gasteiger partial charge in [0.2, 0.25) is 0 Å². The second-order valence-corrected chi connectivity index (χ2v) is 6.59. The van der Waals surface area contributed by atoms with Gasteiger partial charge in [-0.05, 0) is 25.0 Å². The summed E-state index contributed by atoms with van der Waals surface area (Å²) >= 11 is 6.11. The van der Waals surface area contributed by atoms with Crippen LogP contribution < -0.4 is 4.74 Å². The van der Waals surface area contributed by atoms with Crippen LogP contribution in [-0.2, 0) is 0 Å². The summed E-state index contributed by atoms with van der Waals surface area (Å²) in [6.07, 6.45) is 6.34. The lowest BCUT2D eigenvalue weighted by Gasteiger charge is -2.32. The molecule has 0 aliphatic carbocycles. The molecule has 4 rings (SSSR count). The van der Waals surface area contributed by atoms with Crippen molar-refractivity contribution in [1.82, 2.24) is 19.9 Å². The molecule has 1 amide bonds. The molecule has 0 unspecified atom stereocenters. The molecule has 1 saturated heterocycles. The first-order valence-electron chi connectivity index (χ1n) is 8.48. The fourth-order valence-electron chi connectivity index (χ4n) is 3.08. The largest absolute Gasteiger partial charge is 0.487 e. The Kier molecular flexibility index (Phi) is 4.67. The Hall–Kier alpha value is -2.73. The van der Waals surface area contributed by atoms with E-state index in [1.54, 1.807) is 23.4 Å². The number of hydrogen-bond donors (Lipinski definition) is 0. The molecular formula is C19H17ClN4O2. The number of carbonyl (C=O) groups excluding carboxylic acids is 1. The van der Waals surface area contributed by atoms with E-state index in [2.05, 4.69) is 15.0 Å². The minimum Gasteiger partial charge on any atom is -0.487 e. The Bertz CT molecular complexity index is 949. The predicted octanol–water partition coefficient (Wildman–Crippen LogP) is 3.36. The number of aromatic nitrogens is 3. The Morgan fingerprint density at radius 3 is 2.88 bits per heavy atom. The number of fused-ring (bicyclic) bond motifs is 1. The first-order chi connectivity index (χ1) is 12.7. The normalized spacial score (nSPS) is 17.3. The van der Waals surface area contributed by atoms with Crippen LogP contribution in [0.2, 0.25) is 5.02 Å². The van der Waals surface area contributed by atoms with Crippen LogP contribution in [0, 0.1) is 0 Å². The number of ether oxygens (including phenoxy) is 1. The Morgan fingerprint density at radius 1 is 1.19 bits per heavy atom. The molecule has 0 bridgehead atoms. The molecule has 0 N–H and O–H groups in total. The van der Waals surface area contributed by atoms with E-state index in [1.807, 2.05) is 24.3 Å². The highest BCUT2D eigenvalue weighted by Gasteiger charge is 2.27. The molecule has 6 nitrogen and oxygen atoms in total. The van der Waals surface area contributed by atoms with Crippen molar-refractivity contribution in [2.75, 3.05) is 13.1 Å². The van der Waals surface area contributed by atoms with Gasteiger partial charge in [-0.1, -0.05) is 23.7 Å². The van der Waals surface area contributed by atoms with Crippen molar-refractivity contribution in [1.29, 1.82) is 0 Å². The summed E-state index contributed by atoms with van der Waals surface area (Å²) in [5.74, 6) is 0.462. The van der Waals surface area contributed by atoms with E-state index in [1.165, 1.54) is 6.20 Å². The van der Waals surface area contributed by atoms with Gasteiger partial charge in [-0.15, -0.1) is 0 Å². The highest BCUT2D eigenvalue weighted by Crippen LogP contribution is 2.26. The molecule has 26 heavy (non-hydrogen) atoms. The van der Waals surface area contributed by atoms with Gasteiger partial charge in [-0.2, -0.15) is 0 Å². The van der Waals surface area contributed by atoms with Crippen molar-refractivity contribution in [2.24, 2.45) is 0 Å². The first kappa shape index (κ1) is 16.7. The number of halogens is 1. The number of rotatable bonds is 3. The maximum atomic E-state index is 12.8. The molecule has 7 heteroatoms. The summed E-state index contributed by atoms with van der Waals surface area (Å²) in [6.45, 7) is 1.17. The number of benzene rings is 1. The number of para-hydroxylation sites is 2. The van der Waals surface area contributed by atoms with E-state index in [4.69, 9.17) is 16.3 Å². The zero-order chi connectivity index (χ0) is 17.9. The second kappa shape index (κ2) is 7.25. The zero-order valence-electron chi connectivity index (χ0n) is 14.0. The van der Waals surface area contributed by atoms with Crippen LogP contribution in [-0.4, -0.2) is 45.0 Å². The Labute approximate surface area is 155 Å². The fourth-order valence-corrected chi connectivity index (χ4v) is 3.24. The molecule has 0 spiro atoms. The van der Waals surface area contributed by atoms with Crippen molar-refractivity contribution in [3.8, 4) is 5.75 Å². The third-order valence-electron chi connectivity index (χ3n) is 4.36. The number of likely N-dealkylation sites (tertiary alicyclic amines) is 1. The molecular weight excluding hydrogens is 352 g/mol. The zero-order valence-corrected chi connectivity index (χ0v) is 14.8. The molecule has 132 valence electrons. The summed E-state index contributed by atoms with van der Waals surface area (Å²) < 4.78 is 5.97. The average Bonchev–Trinajstić information content (AvgIpc) is 2.69. The standard InChI is InChI=1S/C19H17ClN4O2/c20-14-10-21-8-7-18(14)26-13-4-3-9-24(12-13)19(25)17-11-22-15-5-1-2-6-16(15)23-17/h1-2,5-8,10-11,13H,3-4,9,12H2/t13-/m0/s1. The molecule has 1 atom stereocenters. The van der Waals surface area contributed by atoms with E-state index in [0.29, 0.717) is 35.1 Å². The monoisotopic (exact) mass is 368 g/mol. The van der Waals surface area contributed by atoms with E-state index >= 15 is 0 Å². The quantitative estimate of drug-likeness (QED) is 0.709. The molecule has 0 saturated carbocycles. The molecule has 1 aliphatic rings. The highest BCUT2D eigenvalue weighted by atomic mass is 35.5. The summed E-state index contributed by atoms with van der Waals surface area (Å²) in [5.41, 5.74) is 1.84. The number of hydrogen-bond acceptors (Lipinski definition) is 5. The molecule has 1 aromatic carbocycles. The number of nitrogens with zero attached hydrogens (tertiary/aromatic N) is 4. The van der Waals surface area contributed by atoms with Gasteiger partial charge < -0.3 is 9.64 Å². The third-order valence-corrected chi connectivity index (χ3v) is 4.65. The van der Waals surface area contributed by atoms with E-state index in [-0.39, 0.29) is 12.0 Å². The molecule has 1 fully saturated rings. The van der Waals surface area contributed by atoms with Gasteiger partial charge in [-0.3, -0.25) is 14.8 Å². The first-order valence-corrected chi connectivity index (χ1v) is 8.86. The Balaban J connectivity index is 1.49. The SMILES string of the molecule is O=C(c1cnc2ccccc2n1)N1CCC[C@H](Oc2ccncc2Cl)C1. The lowest BCUT2D eigenvalue weighted by Crippen LogP contribution is -2.44. The summed E-state index contributed by atoms with van der Waals surface area (Å²) in [4.78, 5) is 27.3. The summed E-state index contributed by atoms with van der Waals surface area (Å²) in [7, 11) is 0. The van der Waals surface area contributed by atoms with Crippen LogP contribution in [0.5, 0.6) is 5.75 Å². The fraction of sp³-hybridized carbons (Fsp3) is 0.263. The maximum Gasteiger partial charge on any atom is 0.274 e. The van der Waals surface area contributed by atoms with Crippen LogP contribution in [0.3, 0.4) is 0 Å². The Morgan fingerprint density at radius 2 is 2.04 bits per heavy atom. The molecule has 3 aromatic rings. The topological polar surface area (TPSA) is 68.2 Å². The van der Waals surface area contributed by atoms with E-state index in [0.717, 1.165) is 18.4 Å². The van der Waals surface area contributed by atoms with Crippen LogP contribution >= 0.6 is 11.6 Å². The van der Waals surface area contributed by atoms with Gasteiger partial charge in [0.25, 0.3) is 5.91 Å². The lowest BCUT2D eigenvalue weighted by molar-refractivity contribution is 0.0533. The van der Waals surface area contributed by atoms with Crippen molar-refractivity contribution in [2.45, 2.75) is 18.9 Å². The smallest absolute Gasteiger partial charge is 0.274 e. The lowest BCUT2D eigenvalue weighted by atomic mass is 10.1. The molecule has 0 radical (unpaired) electrons. The van der Waals surface area contributed by atoms with Crippen LogP contribution in [0.25, 0.3) is 11.0 Å². The third kappa shape index (κ3) is 3.46. The number of carbonyl (C=O) groups is 1. The maximum absolute atomic E-state index is 12.8. The molecule has 2 aromatic heterocycles. The van der Waals surface area contributed by atoms with Crippen molar-refractivity contribution in [3.05, 3.63) is 59.6 Å². The highest BCUT2D eigenvalue weighted by molar-refractivity contribution is 6.31. The van der Waals surface area contributed by atoms with Crippen molar-refractivity contribution >= 4 is 28.5 Å². The number of piperidine rings is 1. The predicted molar refractivity (Wildman–Crippen MR) is 98.3 cm³/mol. The number of pyridine rings is 1. The summed E-state index contributed by atoms with van der Waals surface area (Å²) in [6, 6.07) is 9.24. The van der Waals surface area contributed by atoms with Gasteiger partial charge >= 0.3 is 0 Å². The number of amides is 1. The molecule has 3 heterocycles. The van der Waals surface area contributed by atoms with Gasteiger partial charge in [0, 0.05) is 25.0 Å². The van der Waals surface area contributed by atoms with Gasteiger partial charge in [0.15, 0.2) is 0 Å². The van der Waals surface area contributed by atoms with Crippen LogP contribution in [0.15, 0.2) is 48.9 Å². The van der Waals surface area contributed by atoms with Gasteiger partial charge in [0.05, 0.1) is 23.8 Å². The summed E-state index contributed by atoms with van der Waals surface area (Å²) in [5, 5.41) is 0.469. The van der Waals surface area contributed by atoms with Crippen molar-refractivity contribution < 1.29 is 9.53 Å². The van der Waals surface area contributed by atoms with Crippen LogP contribution in [0.4, 0.5) is 0 Å². The van der Waals surface area contributed by atoms with Crippen LogP contribution in [0.1, 0.15) is 23.3 Å². The average molecular weight is 369 g/mol. The molecule has 1 aliphatic heterocycles. The van der Waals surface area contributed by atoms with Gasteiger partial charge in [-0.25, -0.2) is 4.98 Å². The van der Waals surface area contributed by atoms with E-state index < -0.39 is 0 Å². The van der Waals surface area contributed by atoms with E-state index in [9.17, 15) is 4.79 Å². The minimum atomic E-state index is -0.127.